The third-order valence-electron chi connectivity index (χ3n) is 3.36. The minimum absolute atomic E-state index is 0.149. The molecule has 1 atom stereocenters. The molecule has 100 valence electrons. The minimum Gasteiger partial charge on any atom is -0.358 e. The number of aromatic nitrogens is 2. The van der Waals surface area contributed by atoms with Crippen LogP contribution in [0.1, 0.15) is 31.0 Å². The lowest BCUT2D eigenvalue weighted by Crippen LogP contribution is -2.32. The van der Waals surface area contributed by atoms with Gasteiger partial charge in [0.15, 0.2) is 0 Å². The highest BCUT2D eigenvalue weighted by atomic mass is 35.5. The smallest absolute Gasteiger partial charge is 0.251 e. The third-order valence-corrected chi connectivity index (χ3v) is 3.55. The Morgan fingerprint density at radius 1 is 1.37 bits per heavy atom. The zero-order chi connectivity index (χ0) is 13.6. The molecule has 2 heterocycles. The summed E-state index contributed by atoms with van der Waals surface area (Å²) in [6.45, 7) is 0. The van der Waals surface area contributed by atoms with Gasteiger partial charge in [0.1, 0.15) is 22.8 Å². The normalized spacial score (nSPS) is 23.1. The van der Waals surface area contributed by atoms with Crippen LogP contribution in [0.5, 0.6) is 0 Å². The molecule has 7 heteroatoms. The first-order valence-corrected chi connectivity index (χ1v) is 6.54. The molecule has 1 saturated carbocycles. The van der Waals surface area contributed by atoms with Crippen molar-refractivity contribution in [2.75, 3.05) is 12.4 Å². The first-order chi connectivity index (χ1) is 9.04. The number of hydrogen-bond donors (Lipinski definition) is 1. The van der Waals surface area contributed by atoms with Crippen molar-refractivity contribution >= 4 is 29.2 Å². The van der Waals surface area contributed by atoms with Crippen LogP contribution in [-0.4, -0.2) is 39.8 Å². The molecule has 0 bridgehead atoms. The number of hydrogen-bond acceptors (Lipinski definition) is 5. The molecule has 19 heavy (non-hydrogen) atoms. The Kier molecular flexibility index (Phi) is 2.89. The van der Waals surface area contributed by atoms with Gasteiger partial charge in [-0.3, -0.25) is 14.5 Å². The summed E-state index contributed by atoms with van der Waals surface area (Å²) in [5.41, 5.74) is 0. The third kappa shape index (κ3) is 2.40. The largest absolute Gasteiger partial charge is 0.358 e. The van der Waals surface area contributed by atoms with E-state index < -0.39 is 6.04 Å². The molecule has 1 saturated heterocycles. The van der Waals surface area contributed by atoms with Gasteiger partial charge in [0, 0.05) is 19.0 Å². The fourth-order valence-electron chi connectivity index (χ4n) is 2.08. The Morgan fingerprint density at radius 3 is 2.68 bits per heavy atom. The molecule has 3 rings (SSSR count). The van der Waals surface area contributed by atoms with Gasteiger partial charge in [-0.2, -0.15) is 0 Å². The predicted octanol–water partition coefficient (Wildman–Crippen LogP) is 1.18. The molecule has 0 radical (unpaired) electrons. The molecule has 2 fully saturated rings. The molecule has 2 aliphatic rings. The van der Waals surface area contributed by atoms with Gasteiger partial charge >= 0.3 is 0 Å². The van der Waals surface area contributed by atoms with Gasteiger partial charge in [0.25, 0.3) is 5.91 Å². The molecule has 1 aliphatic carbocycles. The number of amides is 2. The standard InChI is InChI=1S/C12H13ClN4O2/c1-17-10(18)4-7(12(17)19)14-9-5-8(13)15-11(16-9)6-2-3-6/h5-7H,2-4H2,1H3,(H,14,15,16). The van der Waals surface area contributed by atoms with Crippen molar-refractivity contribution in [2.45, 2.75) is 31.2 Å². The van der Waals surface area contributed by atoms with Gasteiger partial charge in [-0.1, -0.05) is 11.6 Å². The molecular formula is C12H13ClN4O2. The lowest BCUT2D eigenvalue weighted by atomic mass is 10.2. The molecule has 1 unspecified atom stereocenters. The van der Waals surface area contributed by atoms with E-state index in [4.69, 9.17) is 11.6 Å². The Labute approximate surface area is 115 Å². The average molecular weight is 281 g/mol. The number of likely N-dealkylation sites (N-methyl/N-ethyl adjacent to an activating group) is 1. The Balaban J connectivity index is 1.80. The second-order valence-electron chi connectivity index (χ2n) is 4.90. The lowest BCUT2D eigenvalue weighted by molar-refractivity contribution is -0.136. The second kappa shape index (κ2) is 4.45. The lowest BCUT2D eigenvalue weighted by Gasteiger charge is -2.12. The molecule has 1 aromatic rings. The highest BCUT2D eigenvalue weighted by molar-refractivity contribution is 6.29. The molecule has 2 amide bonds. The number of halogens is 1. The zero-order valence-corrected chi connectivity index (χ0v) is 11.1. The Morgan fingerprint density at radius 2 is 2.11 bits per heavy atom. The van der Waals surface area contributed by atoms with Gasteiger partial charge in [0.05, 0.1) is 6.42 Å². The van der Waals surface area contributed by atoms with Gasteiger partial charge in [-0.05, 0) is 12.8 Å². The number of rotatable bonds is 3. The Hall–Kier alpha value is -1.69. The first-order valence-electron chi connectivity index (χ1n) is 6.16. The number of carbonyl (C=O) groups excluding carboxylic acids is 2. The van der Waals surface area contributed by atoms with Crippen LogP contribution >= 0.6 is 11.6 Å². The fraction of sp³-hybridized carbons (Fsp3) is 0.500. The van der Waals surface area contributed by atoms with Crippen molar-refractivity contribution in [3.05, 3.63) is 17.0 Å². The van der Waals surface area contributed by atoms with E-state index in [0.29, 0.717) is 22.7 Å². The summed E-state index contributed by atoms with van der Waals surface area (Å²) in [7, 11) is 1.48. The van der Waals surface area contributed by atoms with Gasteiger partial charge < -0.3 is 5.32 Å². The summed E-state index contributed by atoms with van der Waals surface area (Å²) in [6.07, 6.45) is 2.29. The van der Waals surface area contributed by atoms with Gasteiger partial charge in [0.2, 0.25) is 5.91 Å². The monoisotopic (exact) mass is 280 g/mol. The molecule has 6 nitrogen and oxygen atoms in total. The van der Waals surface area contributed by atoms with Crippen LogP contribution in [0.25, 0.3) is 0 Å². The molecule has 0 spiro atoms. The number of likely N-dealkylation sites (tertiary alicyclic amines) is 1. The summed E-state index contributed by atoms with van der Waals surface area (Å²) in [6, 6.07) is 1.01. The fourth-order valence-corrected chi connectivity index (χ4v) is 2.27. The quantitative estimate of drug-likeness (QED) is 0.665. The van der Waals surface area contributed by atoms with E-state index >= 15 is 0 Å². The molecule has 0 aromatic carbocycles. The maximum Gasteiger partial charge on any atom is 0.251 e. The van der Waals surface area contributed by atoms with E-state index in [1.165, 1.54) is 7.05 Å². The summed E-state index contributed by atoms with van der Waals surface area (Å²) in [4.78, 5) is 32.9. The van der Waals surface area contributed by atoms with Crippen LogP contribution < -0.4 is 5.32 Å². The molecule has 1 aromatic heterocycles. The van der Waals surface area contributed by atoms with E-state index in [9.17, 15) is 9.59 Å². The highest BCUT2D eigenvalue weighted by Gasteiger charge is 2.36. The summed E-state index contributed by atoms with van der Waals surface area (Å²) < 4.78 is 0. The predicted molar refractivity (Wildman–Crippen MR) is 68.8 cm³/mol. The van der Waals surface area contributed by atoms with Crippen molar-refractivity contribution in [3.63, 3.8) is 0 Å². The minimum atomic E-state index is -0.560. The van der Waals surface area contributed by atoms with Crippen molar-refractivity contribution in [1.82, 2.24) is 14.9 Å². The number of anilines is 1. The van der Waals surface area contributed by atoms with E-state index in [-0.39, 0.29) is 18.2 Å². The van der Waals surface area contributed by atoms with E-state index in [2.05, 4.69) is 15.3 Å². The summed E-state index contributed by atoms with van der Waals surface area (Å²) in [5, 5.41) is 3.32. The molecule has 1 N–H and O–H groups in total. The van der Waals surface area contributed by atoms with Crippen LogP contribution in [0, 0.1) is 0 Å². The van der Waals surface area contributed by atoms with Crippen molar-refractivity contribution in [1.29, 1.82) is 0 Å². The molecule has 1 aliphatic heterocycles. The maximum atomic E-state index is 11.8. The summed E-state index contributed by atoms with van der Waals surface area (Å²) in [5.74, 6) is 1.16. The summed E-state index contributed by atoms with van der Waals surface area (Å²) >= 11 is 5.95. The average Bonchev–Trinajstić information content (AvgIpc) is 3.16. The van der Waals surface area contributed by atoms with Crippen molar-refractivity contribution < 1.29 is 9.59 Å². The zero-order valence-electron chi connectivity index (χ0n) is 10.4. The number of carbonyl (C=O) groups is 2. The van der Waals surface area contributed by atoms with Crippen LogP contribution in [0.4, 0.5) is 5.82 Å². The van der Waals surface area contributed by atoms with Crippen LogP contribution in [-0.2, 0) is 9.59 Å². The second-order valence-corrected chi connectivity index (χ2v) is 5.29. The van der Waals surface area contributed by atoms with Gasteiger partial charge in [-0.15, -0.1) is 0 Å². The maximum absolute atomic E-state index is 11.8. The van der Waals surface area contributed by atoms with E-state index in [0.717, 1.165) is 17.7 Å². The first kappa shape index (κ1) is 12.3. The Bertz CT molecular complexity index is 559. The number of imide groups is 1. The van der Waals surface area contributed by atoms with Gasteiger partial charge in [-0.25, -0.2) is 9.97 Å². The van der Waals surface area contributed by atoms with E-state index in [1.807, 2.05) is 0 Å². The number of nitrogens with one attached hydrogen (secondary N) is 1. The topological polar surface area (TPSA) is 75.2 Å². The van der Waals surface area contributed by atoms with Crippen LogP contribution in [0.15, 0.2) is 6.07 Å². The van der Waals surface area contributed by atoms with Crippen molar-refractivity contribution in [2.24, 2.45) is 0 Å². The SMILES string of the molecule is CN1C(=O)CC(Nc2cc(Cl)nc(C3CC3)n2)C1=O. The van der Waals surface area contributed by atoms with Crippen LogP contribution in [0.2, 0.25) is 5.15 Å². The number of nitrogens with zero attached hydrogens (tertiary/aromatic N) is 3. The van der Waals surface area contributed by atoms with E-state index in [1.54, 1.807) is 6.07 Å². The molecular weight excluding hydrogens is 268 g/mol. The highest BCUT2D eigenvalue weighted by Crippen LogP contribution is 2.38. The van der Waals surface area contributed by atoms with Crippen LogP contribution in [0.3, 0.4) is 0 Å². The van der Waals surface area contributed by atoms with Crippen molar-refractivity contribution in [3.8, 4) is 0 Å².